The molecule has 1 aliphatic heterocycles. The van der Waals surface area contributed by atoms with Crippen molar-refractivity contribution in [2.45, 2.75) is 13.0 Å². The van der Waals surface area contributed by atoms with Gasteiger partial charge >= 0.3 is 0 Å². The van der Waals surface area contributed by atoms with Gasteiger partial charge in [0.15, 0.2) is 0 Å². The zero-order valence-electron chi connectivity index (χ0n) is 11.4. The number of hydrogen-bond donors (Lipinski definition) is 1. The summed E-state index contributed by atoms with van der Waals surface area (Å²) in [7, 11) is 1.86. The number of fused-ring (bicyclic) bond motifs is 1. The smallest absolute Gasteiger partial charge is 0.227 e. The van der Waals surface area contributed by atoms with Gasteiger partial charge in [0.1, 0.15) is 12.4 Å². The molecule has 0 saturated heterocycles. The van der Waals surface area contributed by atoms with Gasteiger partial charge in [-0.15, -0.1) is 0 Å². The Hall–Kier alpha value is -2.30. The number of amides is 1. The van der Waals surface area contributed by atoms with E-state index < -0.39 is 0 Å². The molecule has 5 nitrogen and oxygen atoms in total. The van der Waals surface area contributed by atoms with Crippen LogP contribution in [-0.2, 0) is 24.8 Å². The van der Waals surface area contributed by atoms with Crippen LogP contribution < -0.4 is 10.1 Å². The fraction of sp³-hybridized carbons (Fsp3) is 0.333. The summed E-state index contributed by atoms with van der Waals surface area (Å²) < 4.78 is 7.36. The second kappa shape index (κ2) is 5.36. The highest BCUT2D eigenvalue weighted by atomic mass is 16.5. The summed E-state index contributed by atoms with van der Waals surface area (Å²) in [6.45, 7) is 0.945. The molecule has 5 heteroatoms. The maximum Gasteiger partial charge on any atom is 0.227 e. The number of nitrogens with zero attached hydrogens (tertiary/aromatic N) is 2. The lowest BCUT2D eigenvalue weighted by Crippen LogP contribution is -2.36. The van der Waals surface area contributed by atoms with Crippen LogP contribution in [0.5, 0.6) is 5.75 Å². The lowest BCUT2D eigenvalue weighted by molar-refractivity contribution is -0.126. The maximum absolute atomic E-state index is 12.2. The van der Waals surface area contributed by atoms with Gasteiger partial charge in [-0.05, 0) is 18.1 Å². The molecule has 1 amide bonds. The van der Waals surface area contributed by atoms with E-state index in [9.17, 15) is 4.79 Å². The minimum absolute atomic E-state index is 0.0309. The first kappa shape index (κ1) is 12.7. The summed E-state index contributed by atoms with van der Waals surface area (Å²) in [5.41, 5.74) is 2.10. The van der Waals surface area contributed by atoms with Crippen molar-refractivity contribution in [3.8, 4) is 5.75 Å². The third-order valence-electron chi connectivity index (χ3n) is 3.47. The van der Waals surface area contributed by atoms with Crippen LogP contribution in [0.15, 0.2) is 36.7 Å². The molecule has 1 atom stereocenters. The number of para-hydroxylation sites is 1. The van der Waals surface area contributed by atoms with Gasteiger partial charge in [0.05, 0.1) is 12.1 Å². The van der Waals surface area contributed by atoms with Crippen molar-refractivity contribution < 1.29 is 9.53 Å². The summed E-state index contributed by atoms with van der Waals surface area (Å²) in [6.07, 6.45) is 4.38. The first-order valence-electron chi connectivity index (χ1n) is 6.68. The largest absolute Gasteiger partial charge is 0.492 e. The van der Waals surface area contributed by atoms with E-state index in [-0.39, 0.29) is 11.8 Å². The third kappa shape index (κ3) is 2.66. The number of aromatic nitrogens is 2. The van der Waals surface area contributed by atoms with E-state index in [2.05, 4.69) is 10.4 Å². The van der Waals surface area contributed by atoms with Crippen molar-refractivity contribution in [1.82, 2.24) is 15.1 Å². The van der Waals surface area contributed by atoms with Crippen LogP contribution in [0.2, 0.25) is 0 Å². The number of carbonyl (C=O) groups is 1. The van der Waals surface area contributed by atoms with Crippen LogP contribution in [0.3, 0.4) is 0 Å². The molecule has 0 radical (unpaired) electrons. The molecule has 0 spiro atoms. The molecule has 0 fully saturated rings. The maximum atomic E-state index is 12.2. The highest BCUT2D eigenvalue weighted by molar-refractivity contribution is 5.79. The Morgan fingerprint density at radius 3 is 3.15 bits per heavy atom. The first-order chi connectivity index (χ1) is 9.72. The Balaban J connectivity index is 1.59. The van der Waals surface area contributed by atoms with E-state index in [1.165, 1.54) is 0 Å². The Kier molecular flexibility index (Phi) is 3.41. The normalized spacial score (nSPS) is 17.1. The monoisotopic (exact) mass is 271 g/mol. The average molecular weight is 271 g/mol. The van der Waals surface area contributed by atoms with Crippen LogP contribution in [0.4, 0.5) is 0 Å². The Morgan fingerprint density at radius 2 is 2.35 bits per heavy atom. The number of benzene rings is 1. The minimum atomic E-state index is -0.124. The number of ether oxygens (including phenoxy) is 1. The number of hydrogen-bond acceptors (Lipinski definition) is 3. The topological polar surface area (TPSA) is 56.2 Å². The first-order valence-corrected chi connectivity index (χ1v) is 6.68. The van der Waals surface area contributed by atoms with Gasteiger partial charge in [-0.1, -0.05) is 18.2 Å². The summed E-state index contributed by atoms with van der Waals surface area (Å²) in [6, 6.07) is 7.87. The van der Waals surface area contributed by atoms with Gasteiger partial charge in [0.2, 0.25) is 5.91 Å². The Morgan fingerprint density at radius 1 is 1.50 bits per heavy atom. The molecule has 0 aliphatic carbocycles. The number of carbonyl (C=O) groups excluding carboxylic acids is 1. The molecule has 20 heavy (non-hydrogen) atoms. The summed E-state index contributed by atoms with van der Waals surface area (Å²) in [5, 5.41) is 7.02. The zero-order valence-corrected chi connectivity index (χ0v) is 11.4. The molecular weight excluding hydrogens is 254 g/mol. The second-order valence-electron chi connectivity index (χ2n) is 5.06. The average Bonchev–Trinajstić information content (AvgIpc) is 2.90. The number of aryl methyl sites for hydroxylation is 1. The van der Waals surface area contributed by atoms with Gasteiger partial charge in [0, 0.05) is 25.4 Å². The summed E-state index contributed by atoms with van der Waals surface area (Å²) in [5.74, 6) is 0.800. The molecule has 1 aromatic carbocycles. The molecule has 2 aromatic rings. The van der Waals surface area contributed by atoms with Crippen molar-refractivity contribution in [2.75, 3.05) is 6.61 Å². The van der Waals surface area contributed by atoms with Crippen LogP contribution in [0.25, 0.3) is 0 Å². The molecule has 3 rings (SSSR count). The summed E-state index contributed by atoms with van der Waals surface area (Å²) in [4.78, 5) is 12.2. The molecule has 0 bridgehead atoms. The van der Waals surface area contributed by atoms with Crippen LogP contribution >= 0.6 is 0 Å². The highest BCUT2D eigenvalue weighted by Crippen LogP contribution is 2.26. The number of nitrogens with one attached hydrogen (secondary N) is 1. The lowest BCUT2D eigenvalue weighted by Gasteiger charge is -2.24. The van der Waals surface area contributed by atoms with Crippen molar-refractivity contribution >= 4 is 5.91 Å². The predicted molar refractivity (Wildman–Crippen MR) is 74.2 cm³/mol. The van der Waals surface area contributed by atoms with E-state index in [0.29, 0.717) is 13.2 Å². The Bertz CT molecular complexity index is 621. The van der Waals surface area contributed by atoms with E-state index in [0.717, 1.165) is 23.3 Å². The molecule has 1 unspecified atom stereocenters. The zero-order chi connectivity index (χ0) is 13.9. The molecule has 1 N–H and O–H groups in total. The summed E-state index contributed by atoms with van der Waals surface area (Å²) >= 11 is 0. The lowest BCUT2D eigenvalue weighted by atomic mass is 9.96. The molecule has 2 heterocycles. The highest BCUT2D eigenvalue weighted by Gasteiger charge is 2.25. The Labute approximate surface area is 117 Å². The standard InChI is InChI=1S/C15H17N3O2/c1-18-9-11(8-17-18)7-16-15(19)13-6-12-4-2-3-5-14(12)20-10-13/h2-5,8-9,13H,6-7,10H2,1H3,(H,16,19). The third-order valence-corrected chi connectivity index (χ3v) is 3.47. The number of rotatable bonds is 3. The fourth-order valence-corrected chi connectivity index (χ4v) is 2.39. The van der Waals surface area contributed by atoms with Crippen LogP contribution in [0, 0.1) is 5.92 Å². The van der Waals surface area contributed by atoms with Crippen molar-refractivity contribution in [3.05, 3.63) is 47.8 Å². The SMILES string of the molecule is Cn1cc(CNC(=O)C2COc3ccccc3C2)cn1. The van der Waals surface area contributed by atoms with Gasteiger partial charge in [-0.25, -0.2) is 0 Å². The second-order valence-corrected chi connectivity index (χ2v) is 5.06. The van der Waals surface area contributed by atoms with Gasteiger partial charge in [0.25, 0.3) is 0 Å². The van der Waals surface area contributed by atoms with E-state index >= 15 is 0 Å². The van der Waals surface area contributed by atoms with Crippen LogP contribution in [0.1, 0.15) is 11.1 Å². The van der Waals surface area contributed by atoms with Crippen LogP contribution in [-0.4, -0.2) is 22.3 Å². The van der Waals surface area contributed by atoms with Crippen molar-refractivity contribution in [3.63, 3.8) is 0 Å². The van der Waals surface area contributed by atoms with Crippen molar-refractivity contribution in [1.29, 1.82) is 0 Å². The predicted octanol–water partition coefficient (Wildman–Crippen LogP) is 1.29. The van der Waals surface area contributed by atoms with Crippen molar-refractivity contribution in [2.24, 2.45) is 13.0 Å². The van der Waals surface area contributed by atoms with E-state index in [4.69, 9.17) is 4.74 Å². The minimum Gasteiger partial charge on any atom is -0.492 e. The molecule has 0 saturated carbocycles. The molecule has 1 aliphatic rings. The van der Waals surface area contributed by atoms with E-state index in [1.54, 1.807) is 10.9 Å². The fourth-order valence-electron chi connectivity index (χ4n) is 2.39. The van der Waals surface area contributed by atoms with Gasteiger partial charge in [-0.3, -0.25) is 9.48 Å². The van der Waals surface area contributed by atoms with Gasteiger partial charge in [-0.2, -0.15) is 5.10 Å². The van der Waals surface area contributed by atoms with Gasteiger partial charge < -0.3 is 10.1 Å². The van der Waals surface area contributed by atoms with E-state index in [1.807, 2.05) is 37.5 Å². The molecular formula is C15H17N3O2. The molecule has 1 aromatic heterocycles. The molecule has 104 valence electrons. The quantitative estimate of drug-likeness (QED) is 0.915.